The largest absolute Gasteiger partial charge is 0.353 e. The lowest BCUT2D eigenvalue weighted by molar-refractivity contribution is -0.260. The van der Waals surface area contributed by atoms with Crippen LogP contribution < -0.4 is 5.32 Å². The Labute approximate surface area is 133 Å². The number of ether oxygens (including phenoxy) is 5. The van der Waals surface area contributed by atoms with Gasteiger partial charge in [0, 0.05) is 26.7 Å². The van der Waals surface area contributed by atoms with Gasteiger partial charge in [0.1, 0.15) is 4.11 Å². The van der Waals surface area contributed by atoms with E-state index in [4.69, 9.17) is 23.7 Å². The molecule has 0 spiro atoms. The smallest absolute Gasteiger partial charge is 0.197 e. The monoisotopic (exact) mass is 401 g/mol. The fourth-order valence-electron chi connectivity index (χ4n) is 2.29. The van der Waals surface area contributed by atoms with Gasteiger partial charge in [0.05, 0.1) is 12.7 Å². The number of nitrogens with one attached hydrogen (secondary N) is 1. The molecule has 0 radical (unpaired) electrons. The molecule has 2 fully saturated rings. The number of halogens is 1. The van der Waals surface area contributed by atoms with Crippen LogP contribution in [0.2, 0.25) is 0 Å². The van der Waals surface area contributed by atoms with Gasteiger partial charge in [-0.05, 0) is 35.4 Å². The first-order valence-corrected chi connectivity index (χ1v) is 8.43. The minimum absolute atomic E-state index is 0.0222. The predicted molar refractivity (Wildman–Crippen MR) is 81.6 cm³/mol. The van der Waals surface area contributed by atoms with Crippen molar-refractivity contribution in [3.8, 4) is 0 Å². The zero-order chi connectivity index (χ0) is 14.4. The quantitative estimate of drug-likeness (QED) is 0.539. The van der Waals surface area contributed by atoms with Crippen molar-refractivity contribution in [2.24, 2.45) is 0 Å². The first-order chi connectivity index (χ1) is 9.74. The summed E-state index contributed by atoms with van der Waals surface area (Å²) >= 11 is 2.26. The van der Waals surface area contributed by atoms with Crippen molar-refractivity contribution in [2.75, 3.05) is 26.9 Å². The van der Waals surface area contributed by atoms with Crippen molar-refractivity contribution < 1.29 is 23.7 Å². The van der Waals surface area contributed by atoms with E-state index >= 15 is 0 Å². The highest BCUT2D eigenvalue weighted by molar-refractivity contribution is 14.1. The maximum Gasteiger partial charge on any atom is 0.197 e. The van der Waals surface area contributed by atoms with Crippen LogP contribution in [0.3, 0.4) is 0 Å². The number of morpholine rings is 1. The summed E-state index contributed by atoms with van der Waals surface area (Å²) in [7, 11) is 1.63. The van der Waals surface area contributed by atoms with Crippen LogP contribution in [0.1, 0.15) is 26.2 Å². The molecule has 1 N–H and O–H groups in total. The lowest BCUT2D eigenvalue weighted by Crippen LogP contribution is -2.54. The number of rotatable bonds is 6. The van der Waals surface area contributed by atoms with Crippen molar-refractivity contribution >= 4 is 22.6 Å². The number of hydrogen-bond acceptors (Lipinski definition) is 6. The Kier molecular flexibility index (Phi) is 7.43. The standard InChI is InChI=1S/C13H24INO5/c1-3-7-17-10-5-4-9(11(14)20-10)19-12-13(16-2)18-8-6-15-12/h9-13,15H,3-8H2,1-2H3/t9-,10+,11+,12+,13-/m0/s1. The summed E-state index contributed by atoms with van der Waals surface area (Å²) in [6, 6.07) is 0. The molecule has 0 saturated carbocycles. The van der Waals surface area contributed by atoms with E-state index in [-0.39, 0.29) is 29.0 Å². The van der Waals surface area contributed by atoms with Crippen molar-refractivity contribution in [3.63, 3.8) is 0 Å². The van der Waals surface area contributed by atoms with Crippen LogP contribution in [0, 0.1) is 0 Å². The zero-order valence-corrected chi connectivity index (χ0v) is 14.2. The van der Waals surface area contributed by atoms with Crippen molar-refractivity contribution in [1.29, 1.82) is 0 Å². The maximum absolute atomic E-state index is 6.05. The van der Waals surface area contributed by atoms with Gasteiger partial charge in [0.25, 0.3) is 0 Å². The third kappa shape index (κ3) is 4.75. The second kappa shape index (κ2) is 8.82. The van der Waals surface area contributed by atoms with Crippen molar-refractivity contribution in [3.05, 3.63) is 0 Å². The van der Waals surface area contributed by atoms with Crippen LogP contribution in [0.5, 0.6) is 0 Å². The summed E-state index contributed by atoms with van der Waals surface area (Å²) in [5.41, 5.74) is 0. The molecule has 2 aliphatic heterocycles. The lowest BCUT2D eigenvalue weighted by atomic mass is 10.1. The molecule has 5 atom stereocenters. The summed E-state index contributed by atoms with van der Waals surface area (Å²) in [6.07, 6.45) is 2.09. The Hall–Kier alpha value is 0.490. The van der Waals surface area contributed by atoms with Crippen LogP contribution in [0.25, 0.3) is 0 Å². The Morgan fingerprint density at radius 2 is 2.20 bits per heavy atom. The van der Waals surface area contributed by atoms with Crippen LogP contribution >= 0.6 is 22.6 Å². The molecule has 20 heavy (non-hydrogen) atoms. The highest BCUT2D eigenvalue weighted by Gasteiger charge is 2.35. The Balaban J connectivity index is 1.78. The van der Waals surface area contributed by atoms with Gasteiger partial charge in [0.2, 0.25) is 0 Å². The molecule has 2 saturated heterocycles. The van der Waals surface area contributed by atoms with E-state index in [9.17, 15) is 0 Å². The highest BCUT2D eigenvalue weighted by Crippen LogP contribution is 2.28. The minimum Gasteiger partial charge on any atom is -0.353 e. The Bertz CT molecular complexity index is 283. The Morgan fingerprint density at radius 3 is 2.90 bits per heavy atom. The fraction of sp³-hybridized carbons (Fsp3) is 1.00. The van der Waals surface area contributed by atoms with E-state index < -0.39 is 0 Å². The van der Waals surface area contributed by atoms with Crippen LogP contribution in [-0.4, -0.2) is 55.9 Å². The summed E-state index contributed by atoms with van der Waals surface area (Å²) in [6.45, 7) is 4.24. The van der Waals surface area contributed by atoms with Gasteiger partial charge in [-0.25, -0.2) is 0 Å². The van der Waals surface area contributed by atoms with Gasteiger partial charge >= 0.3 is 0 Å². The molecular formula is C13H24INO5. The van der Waals surface area contributed by atoms with Crippen LogP contribution in [0.15, 0.2) is 0 Å². The summed E-state index contributed by atoms with van der Waals surface area (Å²) in [5, 5.41) is 3.27. The molecule has 6 nitrogen and oxygen atoms in total. The average Bonchev–Trinajstić information content (AvgIpc) is 2.48. The predicted octanol–water partition coefficient (Wildman–Crippen LogP) is 1.61. The summed E-state index contributed by atoms with van der Waals surface area (Å²) < 4.78 is 28.3. The van der Waals surface area contributed by atoms with Gasteiger partial charge in [0.15, 0.2) is 18.8 Å². The van der Waals surface area contributed by atoms with Crippen molar-refractivity contribution in [2.45, 2.75) is 55.2 Å². The van der Waals surface area contributed by atoms with E-state index in [1.54, 1.807) is 7.11 Å². The van der Waals surface area contributed by atoms with Crippen LogP contribution in [0.4, 0.5) is 0 Å². The van der Waals surface area contributed by atoms with Gasteiger partial charge < -0.3 is 23.7 Å². The summed E-state index contributed by atoms with van der Waals surface area (Å²) in [5.74, 6) is 0. The van der Waals surface area contributed by atoms with E-state index in [1.807, 2.05) is 0 Å². The molecule has 0 amide bonds. The van der Waals surface area contributed by atoms with E-state index in [0.29, 0.717) is 6.61 Å². The maximum atomic E-state index is 6.05. The topological polar surface area (TPSA) is 58.2 Å². The third-order valence-electron chi connectivity index (χ3n) is 3.30. The SMILES string of the molecule is CCCO[C@H]1CC[C@H](O[C@H]2NCCO[C@@H]2OC)[C@H](I)O1. The number of methoxy groups -OCH3 is 1. The fourth-order valence-corrected chi connectivity index (χ4v) is 3.14. The van der Waals surface area contributed by atoms with Gasteiger partial charge in [-0.3, -0.25) is 5.32 Å². The van der Waals surface area contributed by atoms with Gasteiger partial charge in [-0.15, -0.1) is 0 Å². The minimum atomic E-state index is -0.360. The van der Waals surface area contributed by atoms with Gasteiger partial charge in [-0.1, -0.05) is 6.92 Å². The first kappa shape index (κ1) is 16.9. The molecule has 7 heteroatoms. The highest BCUT2D eigenvalue weighted by atomic mass is 127. The molecular weight excluding hydrogens is 377 g/mol. The third-order valence-corrected chi connectivity index (χ3v) is 4.40. The van der Waals surface area contributed by atoms with Gasteiger partial charge in [-0.2, -0.15) is 0 Å². The molecule has 2 rings (SSSR count). The number of alkyl halides is 1. The van der Waals surface area contributed by atoms with E-state index in [1.165, 1.54) is 0 Å². The van der Waals surface area contributed by atoms with E-state index in [0.717, 1.165) is 32.4 Å². The molecule has 2 heterocycles. The van der Waals surface area contributed by atoms with Crippen LogP contribution in [-0.2, 0) is 23.7 Å². The molecule has 0 aromatic rings. The summed E-state index contributed by atoms with van der Waals surface area (Å²) in [4.78, 5) is 0. The van der Waals surface area contributed by atoms with Crippen molar-refractivity contribution in [1.82, 2.24) is 5.32 Å². The normalized spacial score (nSPS) is 38.9. The molecule has 2 aliphatic rings. The molecule has 0 bridgehead atoms. The second-order valence-electron chi connectivity index (χ2n) is 4.89. The van der Waals surface area contributed by atoms with E-state index in [2.05, 4.69) is 34.8 Å². The lowest BCUT2D eigenvalue weighted by Gasteiger charge is -2.38. The zero-order valence-electron chi connectivity index (χ0n) is 12.0. The molecule has 0 aliphatic carbocycles. The molecule has 0 aromatic heterocycles. The molecule has 118 valence electrons. The molecule has 0 aromatic carbocycles. The molecule has 0 unspecified atom stereocenters. The second-order valence-corrected chi connectivity index (χ2v) is 6.12. The number of hydrogen-bond donors (Lipinski definition) is 1. The first-order valence-electron chi connectivity index (χ1n) is 7.19. The Morgan fingerprint density at radius 1 is 1.35 bits per heavy atom. The average molecular weight is 401 g/mol.